The molecule has 0 saturated heterocycles. The van der Waals surface area contributed by atoms with Crippen LogP contribution >= 0.6 is 11.6 Å². The van der Waals surface area contributed by atoms with E-state index in [0.717, 1.165) is 37.0 Å². The van der Waals surface area contributed by atoms with Crippen molar-refractivity contribution in [2.45, 2.75) is 57.1 Å². The minimum absolute atomic E-state index is 0.0669. The molecule has 1 amide bonds. The van der Waals surface area contributed by atoms with Gasteiger partial charge in [0.05, 0.1) is 5.56 Å². The number of halogens is 1. The van der Waals surface area contributed by atoms with Gasteiger partial charge < -0.3 is 10.1 Å². The van der Waals surface area contributed by atoms with Gasteiger partial charge in [-0.05, 0) is 81.4 Å². The molecule has 4 saturated carbocycles. The van der Waals surface area contributed by atoms with E-state index in [9.17, 15) is 9.59 Å². The number of carbonyl (C=O) groups excluding carboxylic acids is 2. The lowest BCUT2D eigenvalue weighted by atomic mass is 9.53. The van der Waals surface area contributed by atoms with Crippen LogP contribution in [0.1, 0.15) is 55.8 Å². The Bertz CT molecular complexity index is 667. The summed E-state index contributed by atoms with van der Waals surface area (Å²) < 4.78 is 5.36. The zero-order chi connectivity index (χ0) is 17.6. The van der Waals surface area contributed by atoms with E-state index in [1.54, 1.807) is 31.2 Å². The van der Waals surface area contributed by atoms with Gasteiger partial charge in [-0.1, -0.05) is 17.7 Å². The minimum atomic E-state index is -0.806. The number of carbonyl (C=O) groups is 2. The van der Waals surface area contributed by atoms with Gasteiger partial charge in [0.2, 0.25) is 0 Å². The number of rotatable bonds is 4. The summed E-state index contributed by atoms with van der Waals surface area (Å²) in [6.07, 6.45) is 6.43. The number of benzene rings is 1. The van der Waals surface area contributed by atoms with E-state index >= 15 is 0 Å². The van der Waals surface area contributed by atoms with Gasteiger partial charge in [0.1, 0.15) is 0 Å². The summed E-state index contributed by atoms with van der Waals surface area (Å²) in [7, 11) is 0. The van der Waals surface area contributed by atoms with Crippen LogP contribution in [0.3, 0.4) is 0 Å². The molecule has 1 N–H and O–H groups in total. The van der Waals surface area contributed by atoms with Crippen molar-refractivity contribution < 1.29 is 14.3 Å². The molecule has 0 radical (unpaired) electrons. The van der Waals surface area contributed by atoms with Crippen LogP contribution in [-0.4, -0.2) is 23.5 Å². The van der Waals surface area contributed by atoms with E-state index in [1.807, 2.05) is 0 Å². The average molecular weight is 362 g/mol. The summed E-state index contributed by atoms with van der Waals surface area (Å²) in [6, 6.07) is 6.58. The van der Waals surface area contributed by atoms with Crippen LogP contribution in [-0.2, 0) is 9.53 Å². The standard InChI is InChI=1S/C20H24ClNO3/c1-12(25-19(24)16-3-2-4-17(21)8-16)18(23)22-20-9-13-5-14(10-20)7-15(6-13)11-20/h2-4,8,12-15H,5-7,9-11H2,1H3,(H,22,23)/t12-,13?,14?,15?,20?/m0/s1. The Morgan fingerprint density at radius 2 is 1.76 bits per heavy atom. The second kappa shape index (κ2) is 6.31. The SMILES string of the molecule is C[C@H](OC(=O)c1cccc(Cl)c1)C(=O)NC12CC3CC(CC(C3)C1)C2. The molecule has 4 nitrogen and oxygen atoms in total. The van der Waals surface area contributed by atoms with Crippen molar-refractivity contribution in [3.8, 4) is 0 Å². The van der Waals surface area contributed by atoms with E-state index in [4.69, 9.17) is 16.3 Å². The molecule has 0 heterocycles. The van der Waals surface area contributed by atoms with E-state index in [0.29, 0.717) is 10.6 Å². The summed E-state index contributed by atoms with van der Waals surface area (Å²) in [5, 5.41) is 3.72. The number of amides is 1. The van der Waals surface area contributed by atoms with Gasteiger partial charge in [-0.25, -0.2) is 4.79 Å². The summed E-state index contributed by atoms with van der Waals surface area (Å²) in [4.78, 5) is 24.9. The topological polar surface area (TPSA) is 55.4 Å². The molecule has 0 aromatic heterocycles. The first-order valence-corrected chi connectivity index (χ1v) is 9.59. The number of hydrogen-bond acceptors (Lipinski definition) is 3. The van der Waals surface area contributed by atoms with Gasteiger partial charge in [-0.15, -0.1) is 0 Å². The van der Waals surface area contributed by atoms with E-state index in [2.05, 4.69) is 5.32 Å². The first-order chi connectivity index (χ1) is 11.9. The summed E-state index contributed by atoms with van der Waals surface area (Å²) in [5.41, 5.74) is 0.296. The quantitative estimate of drug-likeness (QED) is 0.825. The predicted octanol–water partition coefficient (Wildman–Crippen LogP) is 3.97. The fourth-order valence-corrected chi connectivity index (χ4v) is 5.71. The Labute approximate surface area is 153 Å². The Hall–Kier alpha value is -1.55. The van der Waals surface area contributed by atoms with E-state index < -0.39 is 12.1 Å². The van der Waals surface area contributed by atoms with Gasteiger partial charge in [-0.3, -0.25) is 4.79 Å². The molecule has 4 fully saturated rings. The van der Waals surface area contributed by atoms with Crippen molar-refractivity contribution in [2.75, 3.05) is 0 Å². The summed E-state index contributed by atoms with van der Waals surface area (Å²) in [6.45, 7) is 1.64. The van der Waals surface area contributed by atoms with Crippen molar-refractivity contribution in [2.24, 2.45) is 17.8 Å². The van der Waals surface area contributed by atoms with Gasteiger partial charge in [0, 0.05) is 10.6 Å². The van der Waals surface area contributed by atoms with Crippen LogP contribution in [0.15, 0.2) is 24.3 Å². The molecule has 0 aliphatic heterocycles. The third-order valence-corrected chi connectivity index (χ3v) is 6.38. The molecule has 5 heteroatoms. The van der Waals surface area contributed by atoms with Crippen molar-refractivity contribution in [3.05, 3.63) is 34.9 Å². The third-order valence-electron chi connectivity index (χ3n) is 6.14. The molecule has 25 heavy (non-hydrogen) atoms. The molecule has 1 aromatic rings. The zero-order valence-electron chi connectivity index (χ0n) is 14.5. The first-order valence-electron chi connectivity index (χ1n) is 9.21. The minimum Gasteiger partial charge on any atom is -0.449 e. The number of nitrogens with one attached hydrogen (secondary N) is 1. The van der Waals surface area contributed by atoms with Gasteiger partial charge in [0.15, 0.2) is 6.10 Å². The fourth-order valence-electron chi connectivity index (χ4n) is 5.52. The highest BCUT2D eigenvalue weighted by Gasteiger charge is 2.51. The molecule has 1 aromatic carbocycles. The zero-order valence-corrected chi connectivity index (χ0v) is 15.2. The fraction of sp³-hybridized carbons (Fsp3) is 0.600. The average Bonchev–Trinajstić information content (AvgIpc) is 2.53. The maximum absolute atomic E-state index is 12.6. The second-order valence-corrected chi connectivity index (χ2v) is 8.68. The molecule has 4 aliphatic rings. The third kappa shape index (κ3) is 3.41. The summed E-state index contributed by atoms with van der Waals surface area (Å²) >= 11 is 5.90. The van der Waals surface area contributed by atoms with Crippen molar-refractivity contribution in [1.82, 2.24) is 5.32 Å². The maximum atomic E-state index is 12.6. The molecule has 4 aliphatic carbocycles. The van der Waals surface area contributed by atoms with Crippen LogP contribution in [0.25, 0.3) is 0 Å². The van der Waals surface area contributed by atoms with Gasteiger partial charge in [0.25, 0.3) is 5.91 Å². The molecule has 5 rings (SSSR count). The highest BCUT2D eigenvalue weighted by molar-refractivity contribution is 6.30. The number of esters is 1. The van der Waals surface area contributed by atoms with Crippen LogP contribution in [0, 0.1) is 17.8 Å². The van der Waals surface area contributed by atoms with E-state index in [1.165, 1.54) is 19.3 Å². The maximum Gasteiger partial charge on any atom is 0.338 e. The Balaban J connectivity index is 1.39. The molecular weight excluding hydrogens is 338 g/mol. The summed E-state index contributed by atoms with van der Waals surface area (Å²) in [5.74, 6) is 1.58. The molecular formula is C20H24ClNO3. The lowest BCUT2D eigenvalue weighted by Crippen LogP contribution is -2.61. The second-order valence-electron chi connectivity index (χ2n) is 8.25. The van der Waals surface area contributed by atoms with Crippen LogP contribution < -0.4 is 5.32 Å². The first kappa shape index (κ1) is 16.9. The van der Waals surface area contributed by atoms with Crippen molar-refractivity contribution >= 4 is 23.5 Å². The Kier molecular flexibility index (Phi) is 4.27. The van der Waals surface area contributed by atoms with Crippen molar-refractivity contribution in [1.29, 1.82) is 0 Å². The molecule has 1 atom stereocenters. The largest absolute Gasteiger partial charge is 0.449 e. The highest BCUT2D eigenvalue weighted by Crippen LogP contribution is 2.55. The van der Waals surface area contributed by atoms with Crippen LogP contribution in [0.5, 0.6) is 0 Å². The lowest BCUT2D eigenvalue weighted by Gasteiger charge is -2.57. The van der Waals surface area contributed by atoms with Crippen molar-refractivity contribution in [3.63, 3.8) is 0 Å². The Morgan fingerprint density at radius 3 is 2.32 bits per heavy atom. The molecule has 0 spiro atoms. The Morgan fingerprint density at radius 1 is 1.16 bits per heavy atom. The van der Waals surface area contributed by atoms with E-state index in [-0.39, 0.29) is 11.4 Å². The lowest BCUT2D eigenvalue weighted by molar-refractivity contribution is -0.134. The monoisotopic (exact) mass is 361 g/mol. The van der Waals surface area contributed by atoms with Gasteiger partial charge >= 0.3 is 5.97 Å². The molecule has 4 bridgehead atoms. The molecule has 134 valence electrons. The van der Waals surface area contributed by atoms with Crippen LogP contribution in [0.4, 0.5) is 0 Å². The smallest absolute Gasteiger partial charge is 0.338 e. The predicted molar refractivity (Wildman–Crippen MR) is 95.4 cm³/mol. The molecule has 0 unspecified atom stereocenters. The highest BCUT2D eigenvalue weighted by atomic mass is 35.5. The normalized spacial score (nSPS) is 33.8. The number of hydrogen-bond donors (Lipinski definition) is 1. The number of ether oxygens (including phenoxy) is 1. The van der Waals surface area contributed by atoms with Crippen LogP contribution in [0.2, 0.25) is 5.02 Å². The van der Waals surface area contributed by atoms with Gasteiger partial charge in [-0.2, -0.15) is 0 Å².